The van der Waals surface area contributed by atoms with Crippen molar-refractivity contribution < 1.29 is 9.53 Å². The molecule has 3 aliphatic carbocycles. The van der Waals surface area contributed by atoms with Crippen LogP contribution in [-0.4, -0.2) is 12.4 Å². The molecule has 0 aromatic heterocycles. The van der Waals surface area contributed by atoms with Crippen LogP contribution in [0.1, 0.15) is 153 Å². The van der Waals surface area contributed by atoms with Gasteiger partial charge in [0.2, 0.25) is 0 Å². The first-order valence-electron chi connectivity index (χ1n) is 16.6. The largest absolute Gasteiger partial charge is 0.494 e. The molecule has 2 heteroatoms. The van der Waals surface area contributed by atoms with Crippen LogP contribution in [-0.2, 0) is 11.2 Å². The SMILES string of the molecule is CCCCCCCC/C=C\CCCCCCCCOc1ccc2c(c1)CC[C@@H]1[C@@H]2CC[C@]2(C)C(=O)CC[C@@H]12. The van der Waals surface area contributed by atoms with Crippen LogP contribution in [0.3, 0.4) is 0 Å². The Balaban J connectivity index is 1.04. The lowest BCUT2D eigenvalue weighted by molar-refractivity contribution is -0.129. The maximum atomic E-state index is 12.6. The van der Waals surface area contributed by atoms with Gasteiger partial charge < -0.3 is 4.74 Å². The van der Waals surface area contributed by atoms with Gasteiger partial charge in [-0.15, -0.1) is 0 Å². The number of fused-ring (bicyclic) bond motifs is 5. The topological polar surface area (TPSA) is 26.3 Å². The van der Waals surface area contributed by atoms with Crippen molar-refractivity contribution in [2.45, 2.75) is 148 Å². The molecule has 0 bridgehead atoms. The number of ketones is 1. The molecule has 4 rings (SSSR count). The third-order valence-corrected chi connectivity index (χ3v) is 10.3. The van der Waals surface area contributed by atoms with Gasteiger partial charge in [-0.3, -0.25) is 4.79 Å². The summed E-state index contributed by atoms with van der Waals surface area (Å²) in [5, 5.41) is 0. The highest BCUT2D eigenvalue weighted by Gasteiger charge is 2.54. The molecule has 3 aliphatic rings. The van der Waals surface area contributed by atoms with Gasteiger partial charge in [-0.25, -0.2) is 0 Å². The number of carbonyl (C=O) groups is 1. The maximum absolute atomic E-state index is 12.6. The van der Waals surface area contributed by atoms with Gasteiger partial charge >= 0.3 is 0 Å². The smallest absolute Gasteiger partial charge is 0.139 e. The Bertz CT molecular complexity index is 885. The van der Waals surface area contributed by atoms with E-state index in [4.69, 9.17) is 4.74 Å². The van der Waals surface area contributed by atoms with Gasteiger partial charge in [0.05, 0.1) is 6.61 Å². The summed E-state index contributed by atoms with van der Waals surface area (Å²) in [4.78, 5) is 12.6. The van der Waals surface area contributed by atoms with E-state index < -0.39 is 0 Å². The van der Waals surface area contributed by atoms with Crippen molar-refractivity contribution in [3.8, 4) is 5.75 Å². The molecular weight excluding hydrogens is 464 g/mol. The van der Waals surface area contributed by atoms with Gasteiger partial charge in [0.15, 0.2) is 0 Å². The Morgan fingerprint density at radius 3 is 2.26 bits per heavy atom. The summed E-state index contributed by atoms with van der Waals surface area (Å²) in [5.41, 5.74) is 3.05. The second-order valence-corrected chi connectivity index (χ2v) is 13.0. The lowest BCUT2D eigenvalue weighted by Gasteiger charge is -2.48. The fraction of sp³-hybridized carbons (Fsp3) is 0.750. The Morgan fingerprint density at radius 1 is 0.842 bits per heavy atom. The Hall–Kier alpha value is -1.57. The zero-order chi connectivity index (χ0) is 26.6. The first kappa shape index (κ1) is 29.4. The number of rotatable bonds is 17. The summed E-state index contributed by atoms with van der Waals surface area (Å²) < 4.78 is 6.17. The zero-order valence-corrected chi connectivity index (χ0v) is 24.8. The second kappa shape index (κ2) is 15.3. The van der Waals surface area contributed by atoms with Crippen LogP contribution >= 0.6 is 0 Å². The zero-order valence-electron chi connectivity index (χ0n) is 24.8. The predicted molar refractivity (Wildman–Crippen MR) is 161 cm³/mol. The average Bonchev–Trinajstić information content (AvgIpc) is 3.24. The van der Waals surface area contributed by atoms with Crippen molar-refractivity contribution in [2.75, 3.05) is 6.61 Å². The van der Waals surface area contributed by atoms with Gasteiger partial charge in [-0.1, -0.05) is 89.9 Å². The molecule has 38 heavy (non-hydrogen) atoms. The molecule has 1 aromatic rings. The van der Waals surface area contributed by atoms with Crippen LogP contribution in [0, 0.1) is 17.3 Å². The lowest BCUT2D eigenvalue weighted by Crippen LogP contribution is -2.42. The van der Waals surface area contributed by atoms with E-state index in [1.54, 1.807) is 5.56 Å². The lowest BCUT2D eigenvalue weighted by atomic mass is 9.55. The molecule has 0 spiro atoms. The number of unbranched alkanes of at least 4 members (excludes halogenated alkanes) is 12. The van der Waals surface area contributed by atoms with E-state index >= 15 is 0 Å². The molecule has 212 valence electrons. The van der Waals surface area contributed by atoms with Crippen molar-refractivity contribution in [1.82, 2.24) is 0 Å². The number of hydrogen-bond acceptors (Lipinski definition) is 2. The van der Waals surface area contributed by atoms with E-state index in [9.17, 15) is 4.79 Å². The fourth-order valence-corrected chi connectivity index (χ4v) is 7.96. The first-order valence-corrected chi connectivity index (χ1v) is 16.6. The number of allylic oxidation sites excluding steroid dienone is 2. The molecule has 0 heterocycles. The molecule has 4 atom stereocenters. The summed E-state index contributed by atoms with van der Waals surface area (Å²) in [6.45, 7) is 5.40. The van der Waals surface area contributed by atoms with Crippen molar-refractivity contribution >= 4 is 5.78 Å². The molecule has 0 saturated heterocycles. The quantitative estimate of drug-likeness (QED) is 0.151. The minimum Gasteiger partial charge on any atom is -0.494 e. The van der Waals surface area contributed by atoms with Gasteiger partial charge in [0.25, 0.3) is 0 Å². The summed E-state index contributed by atoms with van der Waals surface area (Å²) in [5.74, 6) is 3.59. The van der Waals surface area contributed by atoms with Crippen molar-refractivity contribution in [1.29, 1.82) is 0 Å². The highest BCUT2D eigenvalue weighted by molar-refractivity contribution is 5.87. The number of ether oxygens (including phenoxy) is 1. The van der Waals surface area contributed by atoms with Crippen molar-refractivity contribution in [2.24, 2.45) is 17.3 Å². The molecule has 1 aromatic carbocycles. The van der Waals surface area contributed by atoms with Crippen LogP contribution in [0.2, 0.25) is 0 Å². The van der Waals surface area contributed by atoms with Gasteiger partial charge in [0, 0.05) is 11.8 Å². The molecule has 0 unspecified atom stereocenters. The number of aryl methyl sites for hydroxylation is 1. The summed E-state index contributed by atoms with van der Waals surface area (Å²) in [6, 6.07) is 6.91. The van der Waals surface area contributed by atoms with E-state index in [0.29, 0.717) is 23.5 Å². The van der Waals surface area contributed by atoms with Crippen LogP contribution < -0.4 is 4.74 Å². The van der Waals surface area contributed by atoms with Gasteiger partial charge in [-0.2, -0.15) is 0 Å². The third-order valence-electron chi connectivity index (χ3n) is 10.3. The minimum absolute atomic E-state index is 0.0221. The molecule has 0 N–H and O–H groups in total. The molecule has 2 nitrogen and oxygen atoms in total. The Kier molecular flexibility index (Phi) is 11.8. The minimum atomic E-state index is -0.0221. The fourth-order valence-electron chi connectivity index (χ4n) is 7.96. The van der Waals surface area contributed by atoms with Crippen LogP contribution in [0.5, 0.6) is 5.75 Å². The molecule has 0 amide bonds. The molecule has 2 fully saturated rings. The number of hydrogen-bond donors (Lipinski definition) is 0. The number of Topliss-reactive ketones (excluding diaryl/α,β-unsaturated/α-hetero) is 1. The normalized spacial score (nSPS) is 26.4. The first-order chi connectivity index (χ1) is 18.6. The van der Waals surface area contributed by atoms with Crippen molar-refractivity contribution in [3.63, 3.8) is 0 Å². The monoisotopic (exact) mass is 520 g/mol. The van der Waals surface area contributed by atoms with Crippen LogP contribution in [0.15, 0.2) is 30.4 Å². The van der Waals surface area contributed by atoms with E-state index in [0.717, 1.165) is 44.5 Å². The average molecular weight is 521 g/mol. The van der Waals surface area contributed by atoms with Crippen molar-refractivity contribution in [3.05, 3.63) is 41.5 Å². The van der Waals surface area contributed by atoms with E-state index in [1.807, 2.05) is 0 Å². The highest BCUT2D eigenvalue weighted by Crippen LogP contribution is 2.59. The standard InChI is InChI=1S/C36H56O2/c1-3-4-5-6-7-8-9-10-11-12-13-14-15-16-17-18-27-38-30-20-22-31-29(28-30)19-21-33-32(31)25-26-36(2)34(33)23-24-35(36)37/h10-11,20,22,28,32-34H,3-9,12-19,21,23-27H2,1-2H3/b11-10-/t32-,33-,34+,36+/m1/s1. The Morgan fingerprint density at radius 2 is 1.53 bits per heavy atom. The molecule has 0 aliphatic heterocycles. The van der Waals surface area contributed by atoms with Crippen LogP contribution in [0.4, 0.5) is 0 Å². The van der Waals surface area contributed by atoms with Gasteiger partial charge in [-0.05, 0) is 105 Å². The molecule has 0 radical (unpaired) electrons. The van der Waals surface area contributed by atoms with E-state index in [1.165, 1.54) is 102 Å². The highest BCUT2D eigenvalue weighted by atomic mass is 16.5. The third kappa shape index (κ3) is 7.76. The predicted octanol–water partition coefficient (Wildman–Crippen LogP) is 10.5. The Labute approximate surface area is 234 Å². The summed E-state index contributed by atoms with van der Waals surface area (Å²) in [7, 11) is 0. The number of carbonyl (C=O) groups excluding carboxylic acids is 1. The van der Waals surface area contributed by atoms with E-state index in [2.05, 4.69) is 44.2 Å². The van der Waals surface area contributed by atoms with Crippen LogP contribution in [0.25, 0.3) is 0 Å². The van der Waals surface area contributed by atoms with Gasteiger partial charge in [0.1, 0.15) is 11.5 Å². The summed E-state index contributed by atoms with van der Waals surface area (Å²) >= 11 is 0. The second-order valence-electron chi connectivity index (χ2n) is 13.0. The molecule has 2 saturated carbocycles. The maximum Gasteiger partial charge on any atom is 0.139 e. The summed E-state index contributed by atoms with van der Waals surface area (Å²) in [6.07, 6.45) is 30.2. The number of benzene rings is 1. The van der Waals surface area contributed by atoms with E-state index in [-0.39, 0.29) is 5.41 Å². The molecular formula is C36H56O2.